The van der Waals surface area contributed by atoms with Gasteiger partial charge in [-0.25, -0.2) is 19.1 Å². The Hall–Kier alpha value is -3.66. The fourth-order valence-electron chi connectivity index (χ4n) is 6.15. The number of hydrogen-bond acceptors (Lipinski definition) is 6. The quantitative estimate of drug-likeness (QED) is 0.227. The molecule has 1 amide bonds. The number of rotatable bonds is 7. The predicted octanol–water partition coefficient (Wildman–Crippen LogP) is 7.15. The molecule has 0 radical (unpaired) electrons. The molecule has 6 rings (SSSR count). The van der Waals surface area contributed by atoms with Crippen molar-refractivity contribution in [3.63, 3.8) is 0 Å². The minimum atomic E-state index is -0.997. The number of carboxylic acids is 1. The van der Waals surface area contributed by atoms with Crippen molar-refractivity contribution in [3.8, 4) is 21.7 Å². The highest BCUT2D eigenvalue weighted by molar-refractivity contribution is 8.12. The van der Waals surface area contributed by atoms with Gasteiger partial charge in [-0.15, -0.1) is 11.3 Å². The first kappa shape index (κ1) is 28.5. The summed E-state index contributed by atoms with van der Waals surface area (Å²) in [5.41, 5.74) is 3.33. The zero-order valence-corrected chi connectivity index (χ0v) is 25.2. The van der Waals surface area contributed by atoms with Crippen LogP contribution < -0.4 is 4.90 Å². The van der Waals surface area contributed by atoms with Crippen LogP contribution in [-0.2, 0) is 4.79 Å². The van der Waals surface area contributed by atoms with E-state index in [2.05, 4.69) is 32.3 Å². The summed E-state index contributed by atoms with van der Waals surface area (Å²) < 4.78 is 2.19. The van der Waals surface area contributed by atoms with Crippen molar-refractivity contribution >= 4 is 45.4 Å². The predicted molar refractivity (Wildman–Crippen MR) is 171 cm³/mol. The molecule has 42 heavy (non-hydrogen) atoms. The lowest BCUT2D eigenvalue weighted by Crippen LogP contribution is -2.58. The highest BCUT2D eigenvalue weighted by Gasteiger charge is 2.41. The average Bonchev–Trinajstić information content (AvgIpc) is 3.47. The van der Waals surface area contributed by atoms with Crippen LogP contribution in [0, 0.1) is 12.8 Å². The van der Waals surface area contributed by atoms with Gasteiger partial charge in [-0.3, -0.25) is 4.79 Å². The van der Waals surface area contributed by atoms with Gasteiger partial charge >= 0.3 is 5.97 Å². The van der Waals surface area contributed by atoms with Crippen LogP contribution in [-0.4, -0.2) is 56.3 Å². The van der Waals surface area contributed by atoms with Crippen LogP contribution in [0.4, 0.5) is 5.69 Å². The second-order valence-corrected chi connectivity index (χ2v) is 13.7. The largest absolute Gasteiger partial charge is 0.477 e. The van der Waals surface area contributed by atoms with Crippen molar-refractivity contribution in [3.05, 3.63) is 83.6 Å². The number of aromatic carboxylic acids is 1. The van der Waals surface area contributed by atoms with Crippen molar-refractivity contribution in [1.29, 1.82) is 0 Å². The number of thiophene rings is 1. The summed E-state index contributed by atoms with van der Waals surface area (Å²) in [4.78, 5) is 39.3. The van der Waals surface area contributed by atoms with E-state index in [1.807, 2.05) is 66.4 Å². The number of amides is 1. The molecule has 4 aromatic rings. The maximum atomic E-state index is 14.1. The molecule has 2 unspecified atom stereocenters. The molecule has 216 valence electrons. The SMILES string of the molecule is C=S(c1cccc(-c2ccnc(C)n2)c1)N1CC(=O)N(c2cc(-c3ccccc3)sc2C(=O)O)C(C2CCCCC2)C1. The van der Waals surface area contributed by atoms with Gasteiger partial charge in [-0.1, -0.05) is 78.3 Å². The summed E-state index contributed by atoms with van der Waals surface area (Å²) in [6.45, 7) is 2.71. The van der Waals surface area contributed by atoms with E-state index in [1.54, 1.807) is 6.20 Å². The second kappa shape index (κ2) is 12.3. The highest BCUT2D eigenvalue weighted by Crippen LogP contribution is 2.43. The zero-order chi connectivity index (χ0) is 29.2. The molecule has 2 aromatic carbocycles. The Kier molecular flexibility index (Phi) is 8.33. The van der Waals surface area contributed by atoms with Gasteiger partial charge in [0.15, 0.2) is 0 Å². The Balaban J connectivity index is 1.34. The summed E-state index contributed by atoms with van der Waals surface area (Å²) in [5, 5.41) is 10.2. The molecule has 2 aromatic heterocycles. The molecule has 9 heteroatoms. The first-order valence-corrected chi connectivity index (χ1v) is 16.5. The molecule has 1 saturated heterocycles. The third-order valence-corrected chi connectivity index (χ3v) is 11.1. The third-order valence-electron chi connectivity index (χ3n) is 8.21. The van der Waals surface area contributed by atoms with Gasteiger partial charge in [0, 0.05) is 28.1 Å². The Morgan fingerprint density at radius 1 is 1.02 bits per heavy atom. The van der Waals surface area contributed by atoms with E-state index in [0.29, 0.717) is 24.0 Å². The summed E-state index contributed by atoms with van der Waals surface area (Å²) in [5.74, 6) is 4.50. The fraction of sp³-hybridized carbons (Fsp3) is 0.303. The van der Waals surface area contributed by atoms with E-state index in [1.165, 1.54) is 17.8 Å². The van der Waals surface area contributed by atoms with Gasteiger partial charge in [0.25, 0.3) is 0 Å². The molecule has 1 saturated carbocycles. The molecule has 7 nitrogen and oxygen atoms in total. The van der Waals surface area contributed by atoms with Crippen molar-refractivity contribution in [2.75, 3.05) is 18.0 Å². The number of carbonyl (C=O) groups is 2. The van der Waals surface area contributed by atoms with E-state index in [-0.39, 0.29) is 23.4 Å². The number of aromatic nitrogens is 2. The van der Waals surface area contributed by atoms with Crippen LogP contribution in [0.25, 0.3) is 21.7 Å². The van der Waals surface area contributed by atoms with E-state index in [9.17, 15) is 14.7 Å². The highest BCUT2D eigenvalue weighted by atomic mass is 32.2. The smallest absolute Gasteiger partial charge is 0.348 e. The molecule has 1 N–H and O–H groups in total. The standard InChI is InChI=1S/C33H34N4O3S2/c1-22-34-17-16-27(35-22)25-14-9-15-26(18-25)42(2)36-20-29(23-10-5-3-6-11-23)37(31(38)21-36)28-19-30(41-32(28)33(39)40)24-12-7-4-8-13-24/h4,7-9,12-19,23,29H,2-3,5-6,10-11,20-21H2,1H3,(H,39,40). The first-order valence-electron chi connectivity index (χ1n) is 14.3. The Morgan fingerprint density at radius 3 is 2.52 bits per heavy atom. The van der Waals surface area contributed by atoms with Gasteiger partial charge in [0.2, 0.25) is 5.91 Å². The maximum Gasteiger partial charge on any atom is 0.348 e. The molecule has 0 bridgehead atoms. The molecule has 2 atom stereocenters. The Morgan fingerprint density at radius 2 is 1.79 bits per heavy atom. The lowest BCUT2D eigenvalue weighted by Gasteiger charge is -2.46. The summed E-state index contributed by atoms with van der Waals surface area (Å²) in [7, 11) is -0.586. The number of piperazine rings is 1. The lowest BCUT2D eigenvalue weighted by atomic mass is 9.82. The van der Waals surface area contributed by atoms with Gasteiger partial charge in [-0.05, 0) is 55.5 Å². The Labute approximate surface area is 252 Å². The number of carboxylic acid groups (broad SMARTS) is 1. The normalized spacial score (nSPS) is 19.1. The molecule has 1 aliphatic heterocycles. The van der Waals surface area contributed by atoms with Crippen molar-refractivity contribution < 1.29 is 14.7 Å². The maximum absolute atomic E-state index is 14.1. The van der Waals surface area contributed by atoms with Gasteiger partial charge < -0.3 is 10.0 Å². The molecule has 0 spiro atoms. The average molecular weight is 599 g/mol. The number of nitrogens with zero attached hydrogens (tertiary/aromatic N) is 4. The number of benzene rings is 2. The first-order chi connectivity index (χ1) is 20.4. The van der Waals surface area contributed by atoms with E-state index < -0.39 is 16.6 Å². The number of anilines is 1. The number of carbonyl (C=O) groups excluding carboxylic acids is 1. The van der Waals surface area contributed by atoms with E-state index >= 15 is 0 Å². The fourth-order valence-corrected chi connectivity index (χ4v) is 8.54. The van der Waals surface area contributed by atoms with Gasteiger partial charge in [-0.2, -0.15) is 0 Å². The summed E-state index contributed by atoms with van der Waals surface area (Å²) in [6, 6.07) is 21.7. The molecule has 3 heterocycles. The van der Waals surface area contributed by atoms with Crippen molar-refractivity contribution in [2.24, 2.45) is 5.92 Å². The zero-order valence-electron chi connectivity index (χ0n) is 23.6. The van der Waals surface area contributed by atoms with Crippen LogP contribution >= 0.6 is 22.0 Å². The van der Waals surface area contributed by atoms with E-state index in [4.69, 9.17) is 0 Å². The molecule has 1 aliphatic carbocycles. The van der Waals surface area contributed by atoms with Crippen LogP contribution in [0.1, 0.15) is 47.6 Å². The molecule has 2 fully saturated rings. The van der Waals surface area contributed by atoms with Crippen LogP contribution in [0.5, 0.6) is 0 Å². The van der Waals surface area contributed by atoms with Crippen LogP contribution in [0.2, 0.25) is 0 Å². The van der Waals surface area contributed by atoms with Crippen molar-refractivity contribution in [1.82, 2.24) is 14.3 Å². The molecular weight excluding hydrogens is 565 g/mol. The topological polar surface area (TPSA) is 86.6 Å². The van der Waals surface area contributed by atoms with E-state index in [0.717, 1.165) is 52.3 Å². The molecular formula is C33H34N4O3S2. The van der Waals surface area contributed by atoms with Gasteiger partial charge in [0.1, 0.15) is 10.7 Å². The summed E-state index contributed by atoms with van der Waals surface area (Å²) >= 11 is 1.24. The number of hydrogen-bond donors (Lipinski definition) is 1. The minimum Gasteiger partial charge on any atom is -0.477 e. The Bertz CT molecular complexity index is 1630. The van der Waals surface area contributed by atoms with Crippen LogP contribution in [0.3, 0.4) is 0 Å². The van der Waals surface area contributed by atoms with Gasteiger partial charge in [0.05, 0.1) is 24.0 Å². The van der Waals surface area contributed by atoms with Crippen LogP contribution in [0.15, 0.2) is 77.8 Å². The molecule has 2 aliphatic rings. The monoisotopic (exact) mass is 598 g/mol. The summed E-state index contributed by atoms with van der Waals surface area (Å²) in [6.07, 6.45) is 7.29. The second-order valence-electron chi connectivity index (χ2n) is 10.9. The number of aryl methyl sites for hydroxylation is 1. The lowest BCUT2D eigenvalue weighted by molar-refractivity contribution is -0.121. The minimum absolute atomic E-state index is 0.0690. The van der Waals surface area contributed by atoms with Crippen molar-refractivity contribution in [2.45, 2.75) is 50.0 Å². The third kappa shape index (κ3) is 5.82.